The summed E-state index contributed by atoms with van der Waals surface area (Å²) in [5.74, 6) is -0.424. The summed E-state index contributed by atoms with van der Waals surface area (Å²) >= 11 is 0. The molecule has 0 amide bonds. The average Bonchev–Trinajstić information content (AvgIpc) is 2.73. The highest BCUT2D eigenvalue weighted by atomic mass is 16.5. The first-order chi connectivity index (χ1) is 14.0. The Morgan fingerprint density at radius 1 is 0.793 bits per heavy atom. The average molecular weight is 417 g/mol. The maximum atomic E-state index is 11.6. The van der Waals surface area contributed by atoms with Gasteiger partial charge >= 0.3 is 5.97 Å². The molecule has 0 aliphatic rings. The number of ether oxygens (including phenoxy) is 1. The van der Waals surface area contributed by atoms with E-state index < -0.39 is 30.9 Å². The van der Waals surface area contributed by atoms with Crippen molar-refractivity contribution in [2.45, 2.75) is 115 Å². The zero-order valence-corrected chi connectivity index (χ0v) is 18.3. The van der Waals surface area contributed by atoms with Gasteiger partial charge in [0.05, 0.1) is 6.61 Å². The lowest BCUT2D eigenvalue weighted by atomic mass is 10.1. The van der Waals surface area contributed by atoms with Crippen LogP contribution in [0.15, 0.2) is 12.2 Å². The molecule has 0 saturated heterocycles. The van der Waals surface area contributed by atoms with Gasteiger partial charge in [0, 0.05) is 6.42 Å². The van der Waals surface area contributed by atoms with E-state index >= 15 is 0 Å². The molecule has 0 aromatic rings. The molecule has 0 spiro atoms. The molecule has 0 heterocycles. The maximum absolute atomic E-state index is 11.6. The van der Waals surface area contributed by atoms with Crippen molar-refractivity contribution in [2.24, 2.45) is 0 Å². The van der Waals surface area contributed by atoms with Gasteiger partial charge < -0.3 is 25.2 Å². The third-order valence-electron chi connectivity index (χ3n) is 5.03. The molecule has 6 heteroatoms. The molecule has 0 aromatic heterocycles. The number of hydrogen-bond acceptors (Lipinski definition) is 6. The van der Waals surface area contributed by atoms with Crippen LogP contribution in [0.3, 0.4) is 0 Å². The number of carbonyl (C=O) groups excluding carboxylic acids is 1. The smallest absolute Gasteiger partial charge is 0.305 e. The van der Waals surface area contributed by atoms with Crippen LogP contribution in [0, 0.1) is 0 Å². The molecular formula is C23H44O6. The minimum absolute atomic E-state index is 0.281. The van der Waals surface area contributed by atoms with Crippen LogP contribution in [0.2, 0.25) is 0 Å². The molecule has 172 valence electrons. The summed E-state index contributed by atoms with van der Waals surface area (Å²) in [4.78, 5) is 11.6. The fourth-order valence-corrected chi connectivity index (χ4v) is 3.05. The summed E-state index contributed by atoms with van der Waals surface area (Å²) in [5.41, 5.74) is 0. The Balaban J connectivity index is 3.43. The molecule has 0 rings (SSSR count). The first kappa shape index (κ1) is 28.1. The lowest BCUT2D eigenvalue weighted by molar-refractivity contribution is -0.152. The Labute approximate surface area is 177 Å². The highest BCUT2D eigenvalue weighted by Crippen LogP contribution is 2.10. The van der Waals surface area contributed by atoms with Crippen molar-refractivity contribution >= 4 is 5.97 Å². The second kappa shape index (κ2) is 20.3. The molecule has 0 fully saturated rings. The molecule has 0 unspecified atom stereocenters. The van der Waals surface area contributed by atoms with Gasteiger partial charge in [-0.25, -0.2) is 0 Å². The topological polar surface area (TPSA) is 107 Å². The Morgan fingerprint density at radius 2 is 1.31 bits per heavy atom. The Morgan fingerprint density at radius 3 is 1.86 bits per heavy atom. The quantitative estimate of drug-likeness (QED) is 0.137. The third kappa shape index (κ3) is 17.6. The van der Waals surface area contributed by atoms with Gasteiger partial charge in [0.1, 0.15) is 24.9 Å². The summed E-state index contributed by atoms with van der Waals surface area (Å²) in [6, 6.07) is 0. The van der Waals surface area contributed by atoms with E-state index in [0.717, 1.165) is 32.1 Å². The van der Waals surface area contributed by atoms with Crippen molar-refractivity contribution in [2.75, 3.05) is 13.2 Å². The molecule has 0 radical (unpaired) electrons. The second-order valence-corrected chi connectivity index (χ2v) is 7.83. The van der Waals surface area contributed by atoms with Gasteiger partial charge in [0.15, 0.2) is 0 Å². The molecular weight excluding hydrogens is 372 g/mol. The SMILES string of the molecule is CCCCCCCC/C=C\CCCCCCCC(=O)OC[C@@H](O)[C@H](O)[C@@H](O)CO. The summed E-state index contributed by atoms with van der Waals surface area (Å²) in [6.07, 6.45) is 16.0. The number of hydrogen-bond donors (Lipinski definition) is 4. The summed E-state index contributed by atoms with van der Waals surface area (Å²) in [5, 5.41) is 36.9. The minimum Gasteiger partial charge on any atom is -0.463 e. The first-order valence-corrected chi connectivity index (χ1v) is 11.5. The van der Waals surface area contributed by atoms with E-state index in [1.54, 1.807) is 0 Å². The first-order valence-electron chi connectivity index (χ1n) is 11.5. The van der Waals surface area contributed by atoms with E-state index in [0.29, 0.717) is 0 Å². The Bertz CT molecular complexity index is 399. The molecule has 0 aromatic carbocycles. The monoisotopic (exact) mass is 416 g/mol. The molecule has 0 saturated carbocycles. The molecule has 4 N–H and O–H groups in total. The van der Waals surface area contributed by atoms with Gasteiger partial charge in [-0.05, 0) is 32.1 Å². The van der Waals surface area contributed by atoms with Crippen molar-refractivity contribution in [3.8, 4) is 0 Å². The highest BCUT2D eigenvalue weighted by molar-refractivity contribution is 5.69. The van der Waals surface area contributed by atoms with E-state index in [-0.39, 0.29) is 13.0 Å². The van der Waals surface area contributed by atoms with Crippen molar-refractivity contribution in [1.82, 2.24) is 0 Å². The largest absolute Gasteiger partial charge is 0.463 e. The molecule has 0 bridgehead atoms. The number of unbranched alkanes of at least 4 members (excludes halogenated alkanes) is 11. The van der Waals surface area contributed by atoms with Gasteiger partial charge in [-0.2, -0.15) is 0 Å². The molecule has 3 atom stereocenters. The molecule has 0 aliphatic carbocycles. The number of carbonyl (C=O) groups is 1. The zero-order valence-electron chi connectivity index (χ0n) is 18.3. The van der Waals surface area contributed by atoms with Crippen LogP contribution in [0.4, 0.5) is 0 Å². The normalized spacial score (nSPS) is 14.8. The van der Waals surface area contributed by atoms with Crippen LogP contribution in [0.1, 0.15) is 96.8 Å². The van der Waals surface area contributed by atoms with Gasteiger partial charge in [0.25, 0.3) is 0 Å². The fraction of sp³-hybridized carbons (Fsp3) is 0.870. The van der Waals surface area contributed by atoms with Gasteiger partial charge in [-0.3, -0.25) is 4.79 Å². The van der Waals surface area contributed by atoms with E-state index in [1.165, 1.54) is 51.4 Å². The standard InChI is InChI=1S/C23H44O6/c1-2-3-4-5-6-7-8-9-10-11-12-13-14-15-16-17-22(27)29-19-21(26)23(28)20(25)18-24/h9-10,20-21,23-26,28H,2-8,11-19H2,1H3/b10-9-/t20-,21+,23+/m0/s1. The van der Waals surface area contributed by atoms with Crippen molar-refractivity contribution in [1.29, 1.82) is 0 Å². The predicted octanol–water partition coefficient (Wildman–Crippen LogP) is 3.64. The van der Waals surface area contributed by atoms with E-state index in [1.807, 2.05) is 0 Å². The lowest BCUT2D eigenvalue weighted by Gasteiger charge is -2.21. The van der Waals surface area contributed by atoms with Crippen molar-refractivity contribution < 1.29 is 30.0 Å². The Kier molecular flexibility index (Phi) is 19.7. The third-order valence-corrected chi connectivity index (χ3v) is 5.03. The molecule has 6 nitrogen and oxygen atoms in total. The number of rotatable bonds is 20. The maximum Gasteiger partial charge on any atom is 0.305 e. The van der Waals surface area contributed by atoms with Crippen LogP contribution in [0.25, 0.3) is 0 Å². The Hall–Kier alpha value is -0.950. The van der Waals surface area contributed by atoms with E-state index in [2.05, 4.69) is 19.1 Å². The van der Waals surface area contributed by atoms with Crippen LogP contribution >= 0.6 is 0 Å². The van der Waals surface area contributed by atoms with Crippen LogP contribution in [0.5, 0.6) is 0 Å². The predicted molar refractivity (Wildman–Crippen MR) is 116 cm³/mol. The molecule has 0 aliphatic heterocycles. The van der Waals surface area contributed by atoms with Crippen LogP contribution in [-0.2, 0) is 9.53 Å². The number of allylic oxidation sites excluding steroid dienone is 2. The van der Waals surface area contributed by atoms with Crippen molar-refractivity contribution in [3.05, 3.63) is 12.2 Å². The van der Waals surface area contributed by atoms with E-state index in [4.69, 9.17) is 9.84 Å². The van der Waals surface area contributed by atoms with Crippen molar-refractivity contribution in [3.63, 3.8) is 0 Å². The van der Waals surface area contributed by atoms with Gasteiger partial charge in [-0.1, -0.05) is 70.4 Å². The lowest BCUT2D eigenvalue weighted by Crippen LogP contribution is -2.42. The number of aliphatic hydroxyl groups is 4. The zero-order chi connectivity index (χ0) is 21.7. The van der Waals surface area contributed by atoms with Crippen LogP contribution in [-0.4, -0.2) is 57.9 Å². The summed E-state index contributed by atoms with van der Waals surface area (Å²) in [7, 11) is 0. The van der Waals surface area contributed by atoms with Crippen LogP contribution < -0.4 is 0 Å². The summed E-state index contributed by atoms with van der Waals surface area (Å²) < 4.78 is 4.89. The highest BCUT2D eigenvalue weighted by Gasteiger charge is 2.25. The number of esters is 1. The summed E-state index contributed by atoms with van der Waals surface area (Å²) in [6.45, 7) is 1.19. The minimum atomic E-state index is -1.53. The molecule has 29 heavy (non-hydrogen) atoms. The van der Waals surface area contributed by atoms with Gasteiger partial charge in [0.2, 0.25) is 0 Å². The van der Waals surface area contributed by atoms with Gasteiger partial charge in [-0.15, -0.1) is 0 Å². The van der Waals surface area contributed by atoms with E-state index in [9.17, 15) is 20.1 Å². The second-order valence-electron chi connectivity index (χ2n) is 7.83. The fourth-order valence-electron chi connectivity index (χ4n) is 3.05. The number of aliphatic hydroxyl groups excluding tert-OH is 4.